The molecule has 1 aromatic carbocycles. The Balaban J connectivity index is 2.24. The molecule has 0 spiro atoms. The van der Waals surface area contributed by atoms with Gasteiger partial charge in [-0.1, -0.05) is 11.6 Å². The van der Waals surface area contributed by atoms with Crippen molar-refractivity contribution < 1.29 is 12.8 Å². The standard InChI is InChI=1S/C15H13ClFN3O2S/c16-13-8-11(3-4-14(13)17)23(21,22)20-9-10(5-6-18)12-2-1-7-19-15(12)20/h1-4,7-9H,5-6,18H2. The van der Waals surface area contributed by atoms with Crippen LogP contribution in [0.25, 0.3) is 11.0 Å². The van der Waals surface area contributed by atoms with Crippen molar-refractivity contribution in [2.24, 2.45) is 5.73 Å². The van der Waals surface area contributed by atoms with Gasteiger partial charge >= 0.3 is 0 Å². The predicted molar refractivity (Wildman–Crippen MR) is 86.5 cm³/mol. The van der Waals surface area contributed by atoms with E-state index >= 15 is 0 Å². The van der Waals surface area contributed by atoms with Gasteiger partial charge in [0.15, 0.2) is 5.65 Å². The minimum atomic E-state index is -3.94. The van der Waals surface area contributed by atoms with Crippen molar-refractivity contribution in [2.75, 3.05) is 6.54 Å². The first-order chi connectivity index (χ1) is 10.9. The Morgan fingerprint density at radius 1 is 1.30 bits per heavy atom. The minimum Gasteiger partial charge on any atom is -0.330 e. The number of nitrogens with two attached hydrogens (primary N) is 1. The van der Waals surface area contributed by atoms with E-state index in [0.717, 1.165) is 27.1 Å². The Labute approximate surface area is 137 Å². The van der Waals surface area contributed by atoms with E-state index in [2.05, 4.69) is 4.98 Å². The van der Waals surface area contributed by atoms with Crippen LogP contribution in [0.1, 0.15) is 5.56 Å². The second kappa shape index (κ2) is 5.92. The van der Waals surface area contributed by atoms with Crippen molar-refractivity contribution in [1.82, 2.24) is 8.96 Å². The fraction of sp³-hybridized carbons (Fsp3) is 0.133. The van der Waals surface area contributed by atoms with Crippen LogP contribution in [0.4, 0.5) is 4.39 Å². The highest BCUT2D eigenvalue weighted by Crippen LogP contribution is 2.26. The maximum absolute atomic E-state index is 13.3. The molecule has 2 heterocycles. The third-order valence-corrected chi connectivity index (χ3v) is 5.41. The summed E-state index contributed by atoms with van der Waals surface area (Å²) in [6, 6.07) is 6.80. The van der Waals surface area contributed by atoms with Crippen LogP contribution in [0.3, 0.4) is 0 Å². The SMILES string of the molecule is NCCc1cn(S(=O)(=O)c2ccc(F)c(Cl)c2)c2ncccc12. The maximum Gasteiger partial charge on any atom is 0.269 e. The Hall–Kier alpha value is -1.96. The number of hydrogen-bond acceptors (Lipinski definition) is 4. The summed E-state index contributed by atoms with van der Waals surface area (Å²) in [5, 5.41) is 0.465. The largest absolute Gasteiger partial charge is 0.330 e. The Morgan fingerprint density at radius 2 is 2.09 bits per heavy atom. The topological polar surface area (TPSA) is 78.0 Å². The van der Waals surface area contributed by atoms with Crippen molar-refractivity contribution in [3.05, 3.63) is 59.1 Å². The van der Waals surface area contributed by atoms with E-state index in [-0.39, 0.29) is 9.92 Å². The highest BCUT2D eigenvalue weighted by molar-refractivity contribution is 7.90. The van der Waals surface area contributed by atoms with Crippen LogP contribution in [0.5, 0.6) is 0 Å². The van der Waals surface area contributed by atoms with Gasteiger partial charge in [0.25, 0.3) is 10.0 Å². The first kappa shape index (κ1) is 15.9. The van der Waals surface area contributed by atoms with Crippen LogP contribution in [0.15, 0.2) is 47.6 Å². The van der Waals surface area contributed by atoms with Gasteiger partial charge in [-0.05, 0) is 48.9 Å². The molecule has 0 amide bonds. The van der Waals surface area contributed by atoms with Crippen LogP contribution < -0.4 is 5.73 Å². The molecule has 0 aliphatic heterocycles. The molecule has 23 heavy (non-hydrogen) atoms. The molecule has 2 N–H and O–H groups in total. The number of rotatable bonds is 4. The zero-order chi connectivity index (χ0) is 16.6. The quantitative estimate of drug-likeness (QED) is 0.782. The second-order valence-electron chi connectivity index (χ2n) is 4.94. The molecule has 3 aromatic rings. The summed E-state index contributed by atoms with van der Waals surface area (Å²) in [5.74, 6) is -0.676. The van der Waals surface area contributed by atoms with Gasteiger partial charge in [0.1, 0.15) is 5.82 Å². The Bertz CT molecular complexity index is 986. The normalized spacial score (nSPS) is 12.0. The Kier molecular flexibility index (Phi) is 4.09. The van der Waals surface area contributed by atoms with Crippen molar-refractivity contribution in [2.45, 2.75) is 11.3 Å². The molecular weight excluding hydrogens is 341 g/mol. The van der Waals surface area contributed by atoms with Crippen LogP contribution in [0, 0.1) is 5.82 Å². The molecular formula is C15H13ClFN3O2S. The van der Waals surface area contributed by atoms with Crippen LogP contribution in [-0.4, -0.2) is 23.9 Å². The van der Waals surface area contributed by atoms with E-state index in [4.69, 9.17) is 17.3 Å². The average molecular weight is 354 g/mol. The third-order valence-electron chi connectivity index (χ3n) is 3.48. The van der Waals surface area contributed by atoms with Crippen LogP contribution >= 0.6 is 11.6 Å². The molecule has 0 saturated carbocycles. The number of fused-ring (bicyclic) bond motifs is 1. The van der Waals surface area contributed by atoms with Gasteiger partial charge in [0.2, 0.25) is 0 Å². The van der Waals surface area contributed by atoms with Crippen LogP contribution in [0.2, 0.25) is 5.02 Å². The first-order valence-electron chi connectivity index (χ1n) is 6.81. The number of hydrogen-bond donors (Lipinski definition) is 1. The van der Waals surface area contributed by atoms with Crippen LogP contribution in [-0.2, 0) is 16.4 Å². The summed E-state index contributed by atoms with van der Waals surface area (Å²) in [6.07, 6.45) is 3.53. The zero-order valence-electron chi connectivity index (χ0n) is 11.9. The number of pyridine rings is 1. The number of aromatic nitrogens is 2. The zero-order valence-corrected chi connectivity index (χ0v) is 13.5. The maximum atomic E-state index is 13.3. The molecule has 0 saturated heterocycles. The lowest BCUT2D eigenvalue weighted by molar-refractivity contribution is 0.587. The molecule has 0 bridgehead atoms. The van der Waals surface area contributed by atoms with Gasteiger partial charge in [-0.3, -0.25) is 0 Å². The summed E-state index contributed by atoms with van der Waals surface area (Å²) in [7, 11) is -3.94. The average Bonchev–Trinajstić information content (AvgIpc) is 2.90. The van der Waals surface area contributed by atoms with E-state index < -0.39 is 15.8 Å². The number of benzene rings is 1. The summed E-state index contributed by atoms with van der Waals surface area (Å²) in [5.41, 5.74) is 6.67. The van der Waals surface area contributed by atoms with Gasteiger partial charge in [-0.25, -0.2) is 21.8 Å². The molecule has 3 rings (SSSR count). The summed E-state index contributed by atoms with van der Waals surface area (Å²) >= 11 is 5.70. The van der Waals surface area contributed by atoms with E-state index in [1.165, 1.54) is 18.5 Å². The van der Waals surface area contributed by atoms with E-state index in [0.29, 0.717) is 18.6 Å². The highest BCUT2D eigenvalue weighted by atomic mass is 35.5. The van der Waals surface area contributed by atoms with Gasteiger partial charge in [-0.15, -0.1) is 0 Å². The van der Waals surface area contributed by atoms with Gasteiger partial charge in [0, 0.05) is 17.8 Å². The third kappa shape index (κ3) is 2.71. The lowest BCUT2D eigenvalue weighted by Crippen LogP contribution is -2.12. The molecule has 0 aliphatic rings. The fourth-order valence-electron chi connectivity index (χ4n) is 2.38. The molecule has 0 fully saturated rings. The lowest BCUT2D eigenvalue weighted by Gasteiger charge is -2.07. The van der Waals surface area contributed by atoms with Crippen molar-refractivity contribution in [3.8, 4) is 0 Å². The van der Waals surface area contributed by atoms with E-state index in [1.54, 1.807) is 12.1 Å². The molecule has 8 heteroatoms. The second-order valence-corrected chi connectivity index (χ2v) is 7.17. The van der Waals surface area contributed by atoms with Gasteiger partial charge in [-0.2, -0.15) is 0 Å². The molecule has 2 aromatic heterocycles. The molecule has 0 radical (unpaired) electrons. The minimum absolute atomic E-state index is 0.106. The molecule has 5 nitrogen and oxygen atoms in total. The summed E-state index contributed by atoms with van der Waals surface area (Å²) in [4.78, 5) is 4.05. The van der Waals surface area contributed by atoms with Gasteiger partial charge < -0.3 is 5.73 Å². The lowest BCUT2D eigenvalue weighted by atomic mass is 10.2. The fourth-order valence-corrected chi connectivity index (χ4v) is 4.00. The predicted octanol–water partition coefficient (Wildman–Crippen LogP) is 2.57. The van der Waals surface area contributed by atoms with Crippen molar-refractivity contribution in [3.63, 3.8) is 0 Å². The summed E-state index contributed by atoms with van der Waals surface area (Å²) in [6.45, 7) is 0.385. The van der Waals surface area contributed by atoms with E-state index in [9.17, 15) is 12.8 Å². The summed E-state index contributed by atoms with van der Waals surface area (Å²) < 4.78 is 40.0. The highest BCUT2D eigenvalue weighted by Gasteiger charge is 2.22. The van der Waals surface area contributed by atoms with Crippen molar-refractivity contribution >= 4 is 32.7 Å². The van der Waals surface area contributed by atoms with E-state index in [1.807, 2.05) is 0 Å². The molecule has 120 valence electrons. The smallest absolute Gasteiger partial charge is 0.269 e. The Morgan fingerprint density at radius 3 is 2.78 bits per heavy atom. The number of halogens is 2. The van der Waals surface area contributed by atoms with Gasteiger partial charge in [0.05, 0.1) is 9.92 Å². The molecule has 0 atom stereocenters. The molecule has 0 aliphatic carbocycles. The van der Waals surface area contributed by atoms with Crippen molar-refractivity contribution in [1.29, 1.82) is 0 Å². The number of nitrogens with zero attached hydrogens (tertiary/aromatic N) is 2. The monoisotopic (exact) mass is 353 g/mol. The first-order valence-corrected chi connectivity index (χ1v) is 8.62. The molecule has 0 unspecified atom stereocenters.